The van der Waals surface area contributed by atoms with Crippen molar-refractivity contribution in [2.45, 2.75) is 31.5 Å². The zero-order valence-electron chi connectivity index (χ0n) is 16.3. The van der Waals surface area contributed by atoms with E-state index in [-0.39, 0.29) is 5.91 Å². The Morgan fingerprint density at radius 3 is 2.48 bits per heavy atom. The first-order valence-corrected chi connectivity index (χ1v) is 10.2. The molecule has 148 valence electrons. The Balaban J connectivity index is 1.19. The fourth-order valence-electron chi connectivity index (χ4n) is 4.45. The highest BCUT2D eigenvalue weighted by atomic mass is 16.5. The van der Waals surface area contributed by atoms with Crippen molar-refractivity contribution in [3.05, 3.63) is 29.8 Å². The van der Waals surface area contributed by atoms with Crippen molar-refractivity contribution in [3.8, 4) is 5.75 Å². The molecule has 6 heteroatoms. The normalized spacial score (nSPS) is 26.3. The van der Waals surface area contributed by atoms with Gasteiger partial charge in [0.2, 0.25) is 5.91 Å². The molecule has 2 atom stereocenters. The number of nitrogens with zero attached hydrogens (tertiary/aromatic N) is 3. The molecule has 27 heavy (non-hydrogen) atoms. The highest BCUT2D eigenvalue weighted by Gasteiger charge is 2.33. The number of morpholine rings is 1. The van der Waals surface area contributed by atoms with E-state index in [0.29, 0.717) is 18.6 Å². The van der Waals surface area contributed by atoms with Crippen molar-refractivity contribution in [3.63, 3.8) is 0 Å². The summed E-state index contributed by atoms with van der Waals surface area (Å²) in [5, 5.41) is 0. The van der Waals surface area contributed by atoms with Crippen molar-refractivity contribution in [1.82, 2.24) is 14.7 Å². The van der Waals surface area contributed by atoms with E-state index >= 15 is 0 Å². The number of piperazine rings is 1. The fraction of sp³-hybridized carbons (Fsp3) is 0.667. The molecule has 3 aliphatic heterocycles. The molecule has 2 unspecified atom stereocenters. The van der Waals surface area contributed by atoms with Gasteiger partial charge in [-0.15, -0.1) is 0 Å². The number of hydrogen-bond donors (Lipinski definition) is 0. The molecule has 6 nitrogen and oxygen atoms in total. The van der Waals surface area contributed by atoms with Crippen LogP contribution in [0.3, 0.4) is 0 Å². The number of rotatable bonds is 6. The Morgan fingerprint density at radius 2 is 1.78 bits per heavy atom. The summed E-state index contributed by atoms with van der Waals surface area (Å²) in [6, 6.07) is 7.79. The summed E-state index contributed by atoms with van der Waals surface area (Å²) in [7, 11) is 1.65. The smallest absolute Gasteiger partial charge is 0.227 e. The molecular weight excluding hydrogens is 342 g/mol. The predicted molar refractivity (Wildman–Crippen MR) is 104 cm³/mol. The number of fused-ring (bicyclic) bond motifs is 2. The molecule has 0 saturated carbocycles. The maximum Gasteiger partial charge on any atom is 0.227 e. The minimum Gasteiger partial charge on any atom is -0.497 e. The van der Waals surface area contributed by atoms with Gasteiger partial charge in [-0.1, -0.05) is 12.1 Å². The summed E-state index contributed by atoms with van der Waals surface area (Å²) >= 11 is 0. The maximum absolute atomic E-state index is 12.6. The van der Waals surface area contributed by atoms with Crippen LogP contribution in [0.15, 0.2) is 24.3 Å². The molecule has 3 fully saturated rings. The summed E-state index contributed by atoms with van der Waals surface area (Å²) in [5.74, 6) is 1.02. The van der Waals surface area contributed by atoms with E-state index in [2.05, 4.69) is 9.80 Å². The third kappa shape index (κ3) is 4.81. The van der Waals surface area contributed by atoms with E-state index in [9.17, 15) is 4.79 Å². The van der Waals surface area contributed by atoms with Crippen LogP contribution in [0.1, 0.15) is 18.4 Å². The summed E-state index contributed by atoms with van der Waals surface area (Å²) in [4.78, 5) is 19.7. The molecule has 0 N–H and O–H groups in total. The number of likely N-dealkylation sites (tertiary alicyclic amines) is 1. The highest BCUT2D eigenvalue weighted by molar-refractivity contribution is 5.79. The Bertz CT molecular complexity index is 633. The van der Waals surface area contributed by atoms with E-state index in [0.717, 1.165) is 63.7 Å². The Morgan fingerprint density at radius 1 is 1.07 bits per heavy atom. The van der Waals surface area contributed by atoms with Crippen LogP contribution in [0.2, 0.25) is 0 Å². The van der Waals surface area contributed by atoms with Gasteiger partial charge in [0.25, 0.3) is 0 Å². The SMILES string of the molecule is COc1cccc(CC(=O)N2CCN(CCN3CC4CCC(C3)O4)CC2)c1. The van der Waals surface area contributed by atoms with Gasteiger partial charge >= 0.3 is 0 Å². The van der Waals surface area contributed by atoms with Crippen LogP contribution in [0.25, 0.3) is 0 Å². The molecule has 4 rings (SSSR count). The Hall–Kier alpha value is -1.63. The van der Waals surface area contributed by atoms with Crippen molar-refractivity contribution in [1.29, 1.82) is 0 Å². The quantitative estimate of drug-likeness (QED) is 0.751. The molecule has 0 aliphatic carbocycles. The summed E-state index contributed by atoms with van der Waals surface area (Å²) < 4.78 is 11.2. The first kappa shape index (κ1) is 18.7. The van der Waals surface area contributed by atoms with Gasteiger partial charge in [-0.25, -0.2) is 0 Å². The summed E-state index contributed by atoms with van der Waals surface area (Å²) in [6.07, 6.45) is 3.85. The lowest BCUT2D eigenvalue weighted by Crippen LogP contribution is -2.52. The van der Waals surface area contributed by atoms with Gasteiger partial charge in [-0.2, -0.15) is 0 Å². The first-order valence-electron chi connectivity index (χ1n) is 10.2. The molecule has 3 heterocycles. The monoisotopic (exact) mass is 373 g/mol. The number of methoxy groups -OCH3 is 1. The number of carbonyl (C=O) groups excluding carboxylic acids is 1. The first-order chi connectivity index (χ1) is 13.2. The van der Waals surface area contributed by atoms with E-state index < -0.39 is 0 Å². The van der Waals surface area contributed by atoms with Crippen LogP contribution in [0.5, 0.6) is 5.75 Å². The molecule has 2 bridgehead atoms. The molecule has 0 aromatic heterocycles. The van der Waals surface area contributed by atoms with E-state index in [1.807, 2.05) is 29.2 Å². The summed E-state index contributed by atoms with van der Waals surface area (Å²) in [6.45, 7) is 8.01. The molecule has 0 radical (unpaired) electrons. The van der Waals surface area contributed by atoms with Crippen molar-refractivity contribution in [2.75, 3.05) is 59.5 Å². The van der Waals surface area contributed by atoms with Crippen LogP contribution < -0.4 is 4.74 Å². The van der Waals surface area contributed by atoms with Crippen LogP contribution >= 0.6 is 0 Å². The minimum absolute atomic E-state index is 0.215. The van der Waals surface area contributed by atoms with Gasteiger partial charge < -0.3 is 14.4 Å². The number of hydrogen-bond acceptors (Lipinski definition) is 5. The Kier molecular flexibility index (Phi) is 5.95. The van der Waals surface area contributed by atoms with Gasteiger partial charge in [0, 0.05) is 52.4 Å². The molecule has 1 amide bonds. The number of ether oxygens (including phenoxy) is 2. The largest absolute Gasteiger partial charge is 0.497 e. The van der Waals surface area contributed by atoms with E-state index in [1.165, 1.54) is 12.8 Å². The maximum atomic E-state index is 12.6. The van der Waals surface area contributed by atoms with Crippen LogP contribution in [0.4, 0.5) is 0 Å². The van der Waals surface area contributed by atoms with Gasteiger partial charge in [0.15, 0.2) is 0 Å². The summed E-state index contributed by atoms with van der Waals surface area (Å²) in [5.41, 5.74) is 1.02. The van der Waals surface area contributed by atoms with Gasteiger partial charge in [0.05, 0.1) is 25.7 Å². The second-order valence-corrected chi connectivity index (χ2v) is 7.97. The second-order valence-electron chi connectivity index (χ2n) is 7.97. The molecule has 1 aromatic carbocycles. The van der Waals surface area contributed by atoms with Crippen LogP contribution in [-0.2, 0) is 16.0 Å². The molecule has 1 aromatic rings. The third-order valence-electron chi connectivity index (χ3n) is 6.07. The molecule has 3 saturated heterocycles. The van der Waals surface area contributed by atoms with Crippen molar-refractivity contribution < 1.29 is 14.3 Å². The lowest BCUT2D eigenvalue weighted by molar-refractivity contribution is -0.132. The standard InChI is InChI=1S/C21H31N3O3/c1-26-18-4-2-3-17(13-18)14-21(25)24-11-9-22(10-12-24)7-8-23-15-19-5-6-20(16-23)27-19/h2-4,13,19-20H,5-12,14-16H2,1H3. The van der Waals surface area contributed by atoms with Gasteiger partial charge in [-0.3, -0.25) is 14.6 Å². The van der Waals surface area contributed by atoms with Crippen molar-refractivity contribution in [2.24, 2.45) is 0 Å². The third-order valence-corrected chi connectivity index (χ3v) is 6.07. The lowest BCUT2D eigenvalue weighted by atomic mass is 10.1. The zero-order chi connectivity index (χ0) is 18.6. The van der Waals surface area contributed by atoms with Gasteiger partial charge in [0.1, 0.15) is 5.75 Å². The number of benzene rings is 1. The van der Waals surface area contributed by atoms with Crippen LogP contribution in [-0.4, -0.2) is 92.3 Å². The van der Waals surface area contributed by atoms with E-state index in [1.54, 1.807) is 7.11 Å². The lowest BCUT2D eigenvalue weighted by Gasteiger charge is -2.37. The highest BCUT2D eigenvalue weighted by Crippen LogP contribution is 2.26. The predicted octanol–water partition coefficient (Wildman–Crippen LogP) is 1.25. The fourth-order valence-corrected chi connectivity index (χ4v) is 4.45. The van der Waals surface area contributed by atoms with Crippen molar-refractivity contribution >= 4 is 5.91 Å². The average Bonchev–Trinajstić information content (AvgIpc) is 3.05. The topological polar surface area (TPSA) is 45.2 Å². The number of amides is 1. The molecule has 3 aliphatic rings. The molecular formula is C21H31N3O3. The Labute approximate surface area is 162 Å². The van der Waals surface area contributed by atoms with Crippen LogP contribution in [0, 0.1) is 0 Å². The zero-order valence-corrected chi connectivity index (χ0v) is 16.3. The van der Waals surface area contributed by atoms with Gasteiger partial charge in [-0.05, 0) is 30.5 Å². The molecule has 0 spiro atoms. The second kappa shape index (κ2) is 8.59. The average molecular weight is 373 g/mol. The minimum atomic E-state index is 0.215. The van der Waals surface area contributed by atoms with E-state index in [4.69, 9.17) is 9.47 Å². The number of carbonyl (C=O) groups is 1.